The highest BCUT2D eigenvalue weighted by Gasteiger charge is 2.14. The van der Waals surface area contributed by atoms with Crippen molar-refractivity contribution in [1.29, 1.82) is 0 Å². The zero-order valence-corrected chi connectivity index (χ0v) is 13.9. The maximum absolute atomic E-state index is 6.50. The van der Waals surface area contributed by atoms with E-state index in [2.05, 4.69) is 46.3 Å². The van der Waals surface area contributed by atoms with E-state index in [0.717, 1.165) is 31.6 Å². The molecule has 21 heavy (non-hydrogen) atoms. The highest BCUT2D eigenvalue weighted by Crippen LogP contribution is 2.32. The quantitative estimate of drug-likeness (QED) is 0.631. The fourth-order valence-electron chi connectivity index (χ4n) is 2.68. The monoisotopic (exact) mass is 359 g/mol. The van der Waals surface area contributed by atoms with Gasteiger partial charge < -0.3 is 5.73 Å². The van der Waals surface area contributed by atoms with Crippen LogP contribution in [0.1, 0.15) is 22.7 Å². The van der Waals surface area contributed by atoms with Crippen molar-refractivity contribution in [3.8, 4) is 0 Å². The Bertz CT molecular complexity index is 793. The Morgan fingerprint density at radius 3 is 2.43 bits per heavy atom. The SMILES string of the molecule is Cc1cc(Cl)cc(C(N)c2ccc(Br)c3ccccc23)c1. The van der Waals surface area contributed by atoms with Gasteiger partial charge in [-0.15, -0.1) is 0 Å². The van der Waals surface area contributed by atoms with E-state index < -0.39 is 0 Å². The molecule has 1 atom stereocenters. The molecule has 1 nitrogen and oxygen atoms in total. The summed E-state index contributed by atoms with van der Waals surface area (Å²) < 4.78 is 1.08. The number of rotatable bonds is 2. The topological polar surface area (TPSA) is 26.0 Å². The molecule has 0 saturated heterocycles. The Labute approximate surface area is 137 Å². The maximum atomic E-state index is 6.50. The summed E-state index contributed by atoms with van der Waals surface area (Å²) in [5.41, 5.74) is 9.76. The molecule has 3 rings (SSSR count). The van der Waals surface area contributed by atoms with Crippen LogP contribution in [0.5, 0.6) is 0 Å². The predicted octanol–water partition coefficient (Wildman–Crippen LogP) is 5.61. The van der Waals surface area contributed by atoms with Gasteiger partial charge in [-0.1, -0.05) is 63.9 Å². The average molecular weight is 361 g/mol. The minimum absolute atomic E-state index is 0.194. The van der Waals surface area contributed by atoms with Crippen molar-refractivity contribution in [2.75, 3.05) is 0 Å². The lowest BCUT2D eigenvalue weighted by Crippen LogP contribution is -2.12. The van der Waals surface area contributed by atoms with E-state index in [1.807, 2.05) is 31.2 Å². The van der Waals surface area contributed by atoms with Crippen molar-refractivity contribution in [2.24, 2.45) is 5.73 Å². The summed E-state index contributed by atoms with van der Waals surface area (Å²) in [6.07, 6.45) is 0. The van der Waals surface area contributed by atoms with Crippen LogP contribution in [0, 0.1) is 6.92 Å². The summed E-state index contributed by atoms with van der Waals surface area (Å²) in [5.74, 6) is 0. The molecule has 0 amide bonds. The zero-order chi connectivity index (χ0) is 15.0. The molecule has 3 aromatic rings. The van der Waals surface area contributed by atoms with E-state index in [4.69, 9.17) is 17.3 Å². The Hall–Kier alpha value is -1.35. The van der Waals surface area contributed by atoms with Gasteiger partial charge in [0, 0.05) is 9.50 Å². The fraction of sp³-hybridized carbons (Fsp3) is 0.111. The summed E-state index contributed by atoms with van der Waals surface area (Å²) >= 11 is 9.76. The third kappa shape index (κ3) is 2.84. The highest BCUT2D eigenvalue weighted by molar-refractivity contribution is 9.10. The molecule has 0 bridgehead atoms. The minimum Gasteiger partial charge on any atom is -0.320 e. The second-order valence-corrected chi connectivity index (χ2v) is 6.51. The third-order valence-corrected chi connectivity index (χ3v) is 4.57. The molecule has 0 saturated carbocycles. The van der Waals surface area contributed by atoms with Crippen LogP contribution < -0.4 is 5.73 Å². The Morgan fingerprint density at radius 1 is 1.00 bits per heavy atom. The first-order chi connectivity index (χ1) is 10.1. The van der Waals surface area contributed by atoms with Crippen LogP contribution >= 0.6 is 27.5 Å². The molecular weight excluding hydrogens is 346 g/mol. The van der Waals surface area contributed by atoms with Crippen LogP contribution in [0.3, 0.4) is 0 Å². The van der Waals surface area contributed by atoms with Crippen LogP contribution in [0.2, 0.25) is 5.02 Å². The largest absolute Gasteiger partial charge is 0.320 e. The summed E-state index contributed by atoms with van der Waals surface area (Å²) in [4.78, 5) is 0. The summed E-state index contributed by atoms with van der Waals surface area (Å²) in [6.45, 7) is 2.03. The maximum Gasteiger partial charge on any atom is 0.0558 e. The molecule has 0 heterocycles. The van der Waals surface area contributed by atoms with Gasteiger partial charge in [0.1, 0.15) is 0 Å². The first-order valence-corrected chi connectivity index (χ1v) is 7.93. The molecule has 0 aliphatic heterocycles. The lowest BCUT2D eigenvalue weighted by Gasteiger charge is -2.17. The van der Waals surface area contributed by atoms with E-state index in [1.165, 1.54) is 5.39 Å². The fourth-order valence-corrected chi connectivity index (χ4v) is 3.46. The van der Waals surface area contributed by atoms with Gasteiger partial charge >= 0.3 is 0 Å². The average Bonchev–Trinajstić information content (AvgIpc) is 2.46. The molecule has 0 spiro atoms. The molecule has 0 radical (unpaired) electrons. The van der Waals surface area contributed by atoms with Crippen molar-refractivity contribution in [3.05, 3.63) is 80.8 Å². The van der Waals surface area contributed by atoms with Gasteiger partial charge in [0.05, 0.1) is 6.04 Å². The molecule has 0 fully saturated rings. The number of halogens is 2. The van der Waals surface area contributed by atoms with Crippen molar-refractivity contribution >= 4 is 38.3 Å². The van der Waals surface area contributed by atoms with Gasteiger partial charge in [-0.25, -0.2) is 0 Å². The van der Waals surface area contributed by atoms with Crippen LogP contribution in [-0.4, -0.2) is 0 Å². The normalized spacial score (nSPS) is 12.6. The second-order valence-electron chi connectivity index (χ2n) is 5.22. The number of hydrogen-bond donors (Lipinski definition) is 1. The minimum atomic E-state index is -0.194. The van der Waals surface area contributed by atoms with E-state index >= 15 is 0 Å². The molecule has 0 aliphatic rings. The smallest absolute Gasteiger partial charge is 0.0558 e. The molecule has 3 heteroatoms. The van der Waals surface area contributed by atoms with Crippen LogP contribution in [0.15, 0.2) is 59.1 Å². The van der Waals surface area contributed by atoms with Crippen molar-refractivity contribution in [1.82, 2.24) is 0 Å². The zero-order valence-electron chi connectivity index (χ0n) is 11.6. The van der Waals surface area contributed by atoms with Crippen LogP contribution in [0.25, 0.3) is 10.8 Å². The Balaban J connectivity index is 2.18. The number of nitrogens with two attached hydrogens (primary N) is 1. The van der Waals surface area contributed by atoms with Gasteiger partial charge in [-0.2, -0.15) is 0 Å². The number of benzene rings is 3. The number of fused-ring (bicyclic) bond motifs is 1. The van der Waals surface area contributed by atoms with Crippen molar-refractivity contribution in [3.63, 3.8) is 0 Å². The van der Waals surface area contributed by atoms with Crippen LogP contribution in [-0.2, 0) is 0 Å². The lowest BCUT2D eigenvalue weighted by atomic mass is 9.94. The molecule has 3 aromatic carbocycles. The Morgan fingerprint density at radius 2 is 1.71 bits per heavy atom. The van der Waals surface area contributed by atoms with Crippen LogP contribution in [0.4, 0.5) is 0 Å². The summed E-state index contributed by atoms with van der Waals surface area (Å²) in [5, 5.41) is 3.06. The summed E-state index contributed by atoms with van der Waals surface area (Å²) in [6, 6.07) is 18.2. The van der Waals surface area contributed by atoms with Gasteiger partial charge in [-0.05, 0) is 52.6 Å². The van der Waals surface area contributed by atoms with Gasteiger partial charge in [0.2, 0.25) is 0 Å². The molecule has 0 aliphatic carbocycles. The predicted molar refractivity (Wildman–Crippen MR) is 93.9 cm³/mol. The molecule has 1 unspecified atom stereocenters. The van der Waals surface area contributed by atoms with E-state index in [0.29, 0.717) is 0 Å². The van der Waals surface area contributed by atoms with Crippen molar-refractivity contribution < 1.29 is 0 Å². The molecular formula is C18H15BrClN. The highest BCUT2D eigenvalue weighted by atomic mass is 79.9. The first kappa shape index (κ1) is 14.6. The van der Waals surface area contributed by atoms with Gasteiger partial charge in [-0.3, -0.25) is 0 Å². The lowest BCUT2D eigenvalue weighted by molar-refractivity contribution is 0.879. The molecule has 106 valence electrons. The molecule has 2 N–H and O–H groups in total. The summed E-state index contributed by atoms with van der Waals surface area (Å²) in [7, 11) is 0. The standard InChI is InChI=1S/C18H15BrClN/c1-11-8-12(10-13(20)9-11)18(21)16-6-7-17(19)15-5-3-2-4-14(15)16/h2-10,18H,21H2,1H3. The van der Waals surface area contributed by atoms with E-state index in [9.17, 15) is 0 Å². The van der Waals surface area contributed by atoms with Gasteiger partial charge in [0.25, 0.3) is 0 Å². The Kier molecular flexibility index (Phi) is 4.03. The second kappa shape index (κ2) is 5.80. The van der Waals surface area contributed by atoms with Gasteiger partial charge in [0.15, 0.2) is 0 Å². The first-order valence-electron chi connectivity index (χ1n) is 6.76. The number of aryl methyl sites for hydroxylation is 1. The van der Waals surface area contributed by atoms with E-state index in [1.54, 1.807) is 0 Å². The number of hydrogen-bond acceptors (Lipinski definition) is 1. The van der Waals surface area contributed by atoms with E-state index in [-0.39, 0.29) is 6.04 Å². The molecule has 0 aromatic heterocycles. The van der Waals surface area contributed by atoms with Crippen molar-refractivity contribution in [2.45, 2.75) is 13.0 Å². The third-order valence-electron chi connectivity index (χ3n) is 3.66.